The van der Waals surface area contributed by atoms with Gasteiger partial charge in [0.1, 0.15) is 17.9 Å². The highest BCUT2D eigenvalue weighted by atomic mass is 16.6. The number of carboxylic acid groups (broad SMARTS) is 1. The molecule has 2 unspecified atom stereocenters. The van der Waals surface area contributed by atoms with Gasteiger partial charge < -0.3 is 19.1 Å². The number of nitrogens with zero attached hydrogens (tertiary/aromatic N) is 2. The first-order valence-electron chi connectivity index (χ1n) is 11.3. The maximum atomic E-state index is 12.5. The van der Waals surface area contributed by atoms with E-state index in [0.717, 1.165) is 24.0 Å². The Morgan fingerprint density at radius 2 is 1.91 bits per heavy atom. The van der Waals surface area contributed by atoms with Gasteiger partial charge in [0, 0.05) is 5.56 Å². The molecule has 1 aromatic heterocycles. The summed E-state index contributed by atoms with van der Waals surface area (Å²) < 4.78 is 16.4. The quantitative estimate of drug-likeness (QED) is 0.404. The number of carbonyl (C=O) groups is 2. The maximum absolute atomic E-state index is 12.5. The van der Waals surface area contributed by atoms with Gasteiger partial charge >= 0.3 is 12.1 Å². The van der Waals surface area contributed by atoms with Crippen LogP contribution < -0.4 is 5.32 Å². The van der Waals surface area contributed by atoms with Gasteiger partial charge in [-0.2, -0.15) is 5.26 Å². The van der Waals surface area contributed by atoms with Gasteiger partial charge in [-0.15, -0.1) is 0 Å². The monoisotopic (exact) mass is 475 g/mol. The molecule has 1 fully saturated rings. The number of benzene rings is 2. The summed E-state index contributed by atoms with van der Waals surface area (Å²) in [6.07, 6.45) is 0.560. The predicted molar refractivity (Wildman–Crippen MR) is 125 cm³/mol. The Balaban J connectivity index is 1.42. The minimum absolute atomic E-state index is 0.0823. The molecule has 1 aliphatic rings. The molecule has 1 aliphatic carbocycles. The van der Waals surface area contributed by atoms with Gasteiger partial charge in [0.25, 0.3) is 0 Å². The molecule has 2 aromatic carbocycles. The van der Waals surface area contributed by atoms with Crippen molar-refractivity contribution in [3.05, 3.63) is 71.4 Å². The van der Waals surface area contributed by atoms with Crippen molar-refractivity contribution in [2.24, 2.45) is 5.92 Å². The first kappa shape index (κ1) is 24.0. The smallest absolute Gasteiger partial charge is 0.412 e. The fraction of sp³-hybridized carbons (Fsp3) is 0.308. The third kappa shape index (κ3) is 6.25. The van der Waals surface area contributed by atoms with Crippen LogP contribution in [0.2, 0.25) is 0 Å². The van der Waals surface area contributed by atoms with Crippen LogP contribution in [0.4, 0.5) is 10.5 Å². The Labute approximate surface area is 202 Å². The van der Waals surface area contributed by atoms with Crippen LogP contribution in [-0.4, -0.2) is 28.4 Å². The van der Waals surface area contributed by atoms with E-state index in [1.54, 1.807) is 31.2 Å². The second-order valence-corrected chi connectivity index (χ2v) is 8.44. The first-order chi connectivity index (χ1) is 16.9. The standard InChI is InChI=1S/C26H25N3O6/c1-16(19-5-3-2-4-6-19)34-26(32)28-23-21(14-27)29-35-24(23)20-11-9-18(10-12-20)15-33-22(25(30)31)13-17-7-8-17/h2-6,9-12,16-17,22H,7-8,13,15H2,1H3,(H,28,32)(H,30,31). The predicted octanol–water partition coefficient (Wildman–Crippen LogP) is 5.29. The fourth-order valence-corrected chi connectivity index (χ4v) is 3.61. The second kappa shape index (κ2) is 10.8. The molecule has 2 atom stereocenters. The maximum Gasteiger partial charge on any atom is 0.412 e. The topological polar surface area (TPSA) is 135 Å². The van der Waals surface area contributed by atoms with Crippen LogP contribution in [0.25, 0.3) is 11.3 Å². The Morgan fingerprint density at radius 1 is 1.20 bits per heavy atom. The molecule has 0 aliphatic heterocycles. The highest BCUT2D eigenvalue weighted by Gasteiger charge is 2.30. The number of aromatic nitrogens is 1. The molecule has 2 N–H and O–H groups in total. The van der Waals surface area contributed by atoms with Crippen LogP contribution in [-0.2, 0) is 20.9 Å². The molecule has 0 saturated heterocycles. The van der Waals surface area contributed by atoms with Gasteiger partial charge in [0.2, 0.25) is 5.69 Å². The van der Waals surface area contributed by atoms with Crippen LogP contribution in [0, 0.1) is 17.2 Å². The van der Waals surface area contributed by atoms with Gasteiger partial charge in [0.15, 0.2) is 11.9 Å². The zero-order valence-electron chi connectivity index (χ0n) is 19.1. The summed E-state index contributed by atoms with van der Waals surface area (Å²) in [7, 11) is 0. The minimum atomic E-state index is -0.955. The SMILES string of the molecule is CC(OC(=O)Nc1c(C#N)noc1-c1ccc(COC(CC2CC2)C(=O)O)cc1)c1ccccc1. The third-order valence-electron chi connectivity index (χ3n) is 5.76. The molecule has 35 heavy (non-hydrogen) atoms. The molecular formula is C26H25N3O6. The van der Waals surface area contributed by atoms with Crippen LogP contribution in [0.15, 0.2) is 59.1 Å². The van der Waals surface area contributed by atoms with Crippen molar-refractivity contribution in [2.45, 2.75) is 45.0 Å². The average Bonchev–Trinajstić information content (AvgIpc) is 3.60. The zero-order valence-corrected chi connectivity index (χ0v) is 19.1. The lowest BCUT2D eigenvalue weighted by Gasteiger charge is -2.14. The summed E-state index contributed by atoms with van der Waals surface area (Å²) >= 11 is 0. The Bertz CT molecular complexity index is 1210. The number of ether oxygens (including phenoxy) is 2. The van der Waals surface area contributed by atoms with Crippen molar-refractivity contribution in [1.82, 2.24) is 5.16 Å². The molecule has 0 bridgehead atoms. The van der Waals surface area contributed by atoms with Crippen LogP contribution >= 0.6 is 0 Å². The molecule has 0 spiro atoms. The minimum Gasteiger partial charge on any atom is -0.479 e. The Morgan fingerprint density at radius 3 is 2.54 bits per heavy atom. The number of nitrogens with one attached hydrogen (secondary N) is 1. The van der Waals surface area contributed by atoms with E-state index in [4.69, 9.17) is 14.0 Å². The summed E-state index contributed by atoms with van der Waals surface area (Å²) in [4.78, 5) is 23.9. The fourth-order valence-electron chi connectivity index (χ4n) is 3.61. The summed E-state index contributed by atoms with van der Waals surface area (Å²) in [5.74, 6) is -0.313. The summed E-state index contributed by atoms with van der Waals surface area (Å²) in [6.45, 7) is 1.90. The molecule has 1 saturated carbocycles. The van der Waals surface area contributed by atoms with Gasteiger partial charge in [-0.05, 0) is 30.4 Å². The van der Waals surface area contributed by atoms with Crippen LogP contribution in [0.5, 0.6) is 0 Å². The third-order valence-corrected chi connectivity index (χ3v) is 5.76. The van der Waals surface area contributed by atoms with Crippen molar-refractivity contribution in [3.8, 4) is 17.4 Å². The van der Waals surface area contributed by atoms with Gasteiger partial charge in [0.05, 0.1) is 6.61 Å². The summed E-state index contributed by atoms with van der Waals surface area (Å²) in [5.41, 5.74) is 2.20. The van der Waals surface area contributed by atoms with E-state index in [1.807, 2.05) is 36.4 Å². The van der Waals surface area contributed by atoms with Gasteiger partial charge in [-0.25, -0.2) is 9.59 Å². The lowest BCUT2D eigenvalue weighted by atomic mass is 10.1. The molecule has 1 amide bonds. The van der Waals surface area contributed by atoms with E-state index in [2.05, 4.69) is 10.5 Å². The molecule has 9 nitrogen and oxygen atoms in total. The largest absolute Gasteiger partial charge is 0.479 e. The number of hydrogen-bond donors (Lipinski definition) is 2. The number of carboxylic acids is 1. The van der Waals surface area contributed by atoms with Crippen molar-refractivity contribution in [1.29, 1.82) is 5.26 Å². The molecule has 1 heterocycles. The van der Waals surface area contributed by atoms with E-state index in [9.17, 15) is 20.0 Å². The lowest BCUT2D eigenvalue weighted by molar-refractivity contribution is -0.152. The molecule has 3 aromatic rings. The number of nitriles is 1. The first-order valence-corrected chi connectivity index (χ1v) is 11.3. The number of hydrogen-bond acceptors (Lipinski definition) is 7. The summed E-state index contributed by atoms with van der Waals surface area (Å²) in [5, 5.41) is 25.1. The zero-order chi connectivity index (χ0) is 24.8. The highest BCUT2D eigenvalue weighted by Crippen LogP contribution is 2.35. The average molecular weight is 476 g/mol. The number of aliphatic carboxylic acids is 1. The number of rotatable bonds is 10. The Hall–Kier alpha value is -4.16. The molecule has 180 valence electrons. The van der Waals surface area contributed by atoms with E-state index >= 15 is 0 Å². The number of anilines is 1. The normalized spacial score (nSPS) is 14.5. The van der Waals surface area contributed by atoms with E-state index in [1.165, 1.54) is 0 Å². The van der Waals surface area contributed by atoms with E-state index < -0.39 is 24.3 Å². The van der Waals surface area contributed by atoms with E-state index in [0.29, 0.717) is 17.9 Å². The van der Waals surface area contributed by atoms with Crippen LogP contribution in [0.1, 0.15) is 49.1 Å². The van der Waals surface area contributed by atoms with Crippen LogP contribution in [0.3, 0.4) is 0 Å². The molecule has 4 rings (SSSR count). The molecule has 0 radical (unpaired) electrons. The molecular weight excluding hydrogens is 450 g/mol. The van der Waals surface area contributed by atoms with Crippen molar-refractivity contribution in [2.75, 3.05) is 5.32 Å². The van der Waals surface area contributed by atoms with Gasteiger partial charge in [-0.3, -0.25) is 5.32 Å². The van der Waals surface area contributed by atoms with E-state index in [-0.39, 0.29) is 23.7 Å². The van der Waals surface area contributed by atoms with Crippen molar-refractivity contribution in [3.63, 3.8) is 0 Å². The van der Waals surface area contributed by atoms with Crippen molar-refractivity contribution >= 4 is 17.7 Å². The number of carbonyl (C=O) groups excluding carboxylic acids is 1. The van der Waals surface area contributed by atoms with Gasteiger partial charge in [-0.1, -0.05) is 72.6 Å². The lowest BCUT2D eigenvalue weighted by Crippen LogP contribution is -2.24. The summed E-state index contributed by atoms with van der Waals surface area (Å²) in [6, 6.07) is 18.1. The Kier molecular flexibility index (Phi) is 7.43. The molecule has 9 heteroatoms. The van der Waals surface area contributed by atoms with Crippen molar-refractivity contribution < 1.29 is 28.7 Å². The number of amides is 1. The highest BCUT2D eigenvalue weighted by molar-refractivity contribution is 5.91. The second-order valence-electron chi connectivity index (χ2n) is 8.44.